The number of nitrogens with zero attached hydrogens (tertiary/aromatic N) is 1. The predicted octanol–water partition coefficient (Wildman–Crippen LogP) is 4.41. The smallest absolute Gasteiger partial charge is 0.145 e. The van der Waals surface area contributed by atoms with Crippen molar-refractivity contribution in [2.45, 2.75) is 39.2 Å². The zero-order valence-electron chi connectivity index (χ0n) is 15.2. The molecular weight excluding hydrogens is 312 g/mol. The van der Waals surface area contributed by atoms with Crippen LogP contribution in [0.25, 0.3) is 0 Å². The minimum Gasteiger partial charge on any atom is -0.493 e. The first kappa shape index (κ1) is 17.5. The van der Waals surface area contributed by atoms with Crippen LogP contribution in [0.4, 0.5) is 11.4 Å². The largest absolute Gasteiger partial charge is 0.493 e. The second-order valence-electron chi connectivity index (χ2n) is 6.64. The van der Waals surface area contributed by atoms with Crippen LogP contribution in [-0.4, -0.2) is 25.8 Å². The van der Waals surface area contributed by atoms with E-state index in [1.54, 1.807) is 0 Å². The van der Waals surface area contributed by atoms with Gasteiger partial charge in [-0.1, -0.05) is 25.1 Å². The number of benzene rings is 2. The molecule has 2 aromatic carbocycles. The number of hydrogen-bond donors (Lipinski definition) is 1. The summed E-state index contributed by atoms with van der Waals surface area (Å²) in [5, 5.41) is 0. The van der Waals surface area contributed by atoms with Crippen LogP contribution < -0.4 is 20.1 Å². The molecule has 0 spiro atoms. The average Bonchev–Trinajstić information content (AvgIpc) is 2.62. The van der Waals surface area contributed by atoms with Crippen molar-refractivity contribution in [3.8, 4) is 11.5 Å². The maximum Gasteiger partial charge on any atom is 0.145 e. The van der Waals surface area contributed by atoms with Gasteiger partial charge >= 0.3 is 0 Å². The molecule has 2 aromatic rings. The fraction of sp³-hybridized carbons (Fsp3) is 0.429. The molecular formula is C21H28N2O2. The van der Waals surface area contributed by atoms with Crippen LogP contribution in [0, 0.1) is 6.92 Å². The third-order valence-corrected chi connectivity index (χ3v) is 4.67. The lowest BCUT2D eigenvalue weighted by Gasteiger charge is -2.36. The Kier molecular flexibility index (Phi) is 5.69. The molecule has 0 saturated heterocycles. The highest BCUT2D eigenvalue weighted by atomic mass is 16.5. The van der Waals surface area contributed by atoms with Crippen molar-refractivity contribution in [2.75, 3.05) is 30.3 Å². The molecule has 1 unspecified atom stereocenters. The number of fused-ring (bicyclic) bond motifs is 1. The summed E-state index contributed by atoms with van der Waals surface area (Å²) in [7, 11) is 0. The van der Waals surface area contributed by atoms with E-state index in [0.29, 0.717) is 0 Å². The minimum absolute atomic E-state index is 0.234. The summed E-state index contributed by atoms with van der Waals surface area (Å²) in [6.45, 7) is 6.94. The molecule has 0 radical (unpaired) electrons. The van der Waals surface area contributed by atoms with Crippen LogP contribution in [0.5, 0.6) is 11.5 Å². The standard InChI is InChI=1S/C21H28N2O2/c1-3-18-15-23(19-11-10-17(22)14-21(19)25-18)12-6-7-13-24-20-9-5-4-8-16(20)2/h4-5,8-11,14,18H,3,6-7,12-13,15,22H2,1-2H3. The Morgan fingerprint density at radius 2 is 2.04 bits per heavy atom. The molecule has 0 bridgehead atoms. The first-order valence-corrected chi connectivity index (χ1v) is 9.17. The fourth-order valence-electron chi connectivity index (χ4n) is 3.18. The molecule has 0 fully saturated rings. The molecule has 0 amide bonds. The number of rotatable bonds is 7. The van der Waals surface area contributed by atoms with Gasteiger partial charge in [-0.15, -0.1) is 0 Å². The van der Waals surface area contributed by atoms with E-state index in [2.05, 4.69) is 30.9 Å². The maximum atomic E-state index is 6.04. The first-order valence-electron chi connectivity index (χ1n) is 9.17. The van der Waals surface area contributed by atoms with E-state index in [1.165, 1.54) is 5.56 Å². The SMILES string of the molecule is CCC1CN(CCCCOc2ccccc2C)c2ccc(N)cc2O1. The van der Waals surface area contributed by atoms with Gasteiger partial charge in [0, 0.05) is 18.3 Å². The number of nitrogens with two attached hydrogens (primary N) is 1. The van der Waals surface area contributed by atoms with Crippen molar-refractivity contribution < 1.29 is 9.47 Å². The molecule has 25 heavy (non-hydrogen) atoms. The Morgan fingerprint density at radius 1 is 1.20 bits per heavy atom. The van der Waals surface area contributed by atoms with Crippen molar-refractivity contribution in [2.24, 2.45) is 0 Å². The number of anilines is 2. The molecule has 0 aromatic heterocycles. The van der Waals surface area contributed by atoms with Crippen LogP contribution in [-0.2, 0) is 0 Å². The summed E-state index contributed by atoms with van der Waals surface area (Å²) in [6.07, 6.45) is 3.36. The molecule has 4 heteroatoms. The van der Waals surface area contributed by atoms with Crippen molar-refractivity contribution in [3.63, 3.8) is 0 Å². The highest BCUT2D eigenvalue weighted by molar-refractivity contribution is 5.65. The second kappa shape index (κ2) is 8.15. The summed E-state index contributed by atoms with van der Waals surface area (Å²) in [5.41, 5.74) is 9.00. The summed E-state index contributed by atoms with van der Waals surface area (Å²) < 4.78 is 11.9. The Labute approximate surface area is 150 Å². The number of hydrogen-bond acceptors (Lipinski definition) is 4. The van der Waals surface area contributed by atoms with Crippen LogP contribution in [0.3, 0.4) is 0 Å². The lowest BCUT2D eigenvalue weighted by molar-refractivity contribution is 0.189. The number of para-hydroxylation sites is 1. The van der Waals surface area contributed by atoms with Crippen molar-refractivity contribution in [1.82, 2.24) is 0 Å². The molecule has 0 saturated carbocycles. The van der Waals surface area contributed by atoms with Gasteiger partial charge in [-0.2, -0.15) is 0 Å². The van der Waals surface area contributed by atoms with Gasteiger partial charge in [0.2, 0.25) is 0 Å². The van der Waals surface area contributed by atoms with Crippen LogP contribution in [0.2, 0.25) is 0 Å². The van der Waals surface area contributed by atoms with Crippen LogP contribution in [0.1, 0.15) is 31.7 Å². The highest BCUT2D eigenvalue weighted by Crippen LogP contribution is 2.35. The second-order valence-corrected chi connectivity index (χ2v) is 6.64. The Bertz CT molecular complexity index is 702. The topological polar surface area (TPSA) is 47.7 Å². The molecule has 1 heterocycles. The van der Waals surface area contributed by atoms with Crippen LogP contribution >= 0.6 is 0 Å². The summed E-state index contributed by atoms with van der Waals surface area (Å²) in [6, 6.07) is 14.1. The monoisotopic (exact) mass is 340 g/mol. The molecule has 3 rings (SSSR count). The molecule has 1 atom stereocenters. The van der Waals surface area contributed by atoms with Gasteiger partial charge in [0.1, 0.15) is 17.6 Å². The summed E-state index contributed by atoms with van der Waals surface area (Å²) in [4.78, 5) is 2.42. The normalized spacial score (nSPS) is 16.2. The molecule has 4 nitrogen and oxygen atoms in total. The fourth-order valence-corrected chi connectivity index (χ4v) is 3.18. The third kappa shape index (κ3) is 4.38. The Morgan fingerprint density at radius 3 is 2.84 bits per heavy atom. The Balaban J connectivity index is 1.52. The summed E-state index contributed by atoms with van der Waals surface area (Å²) >= 11 is 0. The number of aryl methyl sites for hydroxylation is 1. The van der Waals surface area contributed by atoms with Gasteiger partial charge in [-0.05, 0) is 49.9 Å². The van der Waals surface area contributed by atoms with E-state index in [-0.39, 0.29) is 6.10 Å². The van der Waals surface area contributed by atoms with E-state index in [1.807, 2.05) is 30.3 Å². The number of unbranched alkanes of at least 4 members (excludes halogenated alkanes) is 1. The highest BCUT2D eigenvalue weighted by Gasteiger charge is 2.24. The van der Waals surface area contributed by atoms with Gasteiger partial charge in [0.15, 0.2) is 0 Å². The Hall–Kier alpha value is -2.36. The zero-order valence-corrected chi connectivity index (χ0v) is 15.2. The molecule has 134 valence electrons. The number of nitrogen functional groups attached to an aromatic ring is 1. The quantitative estimate of drug-likeness (QED) is 0.599. The first-order chi connectivity index (χ1) is 12.2. The van der Waals surface area contributed by atoms with Crippen LogP contribution in [0.15, 0.2) is 42.5 Å². The van der Waals surface area contributed by atoms with Gasteiger partial charge in [-0.3, -0.25) is 0 Å². The van der Waals surface area contributed by atoms with E-state index in [4.69, 9.17) is 15.2 Å². The predicted molar refractivity (Wildman–Crippen MR) is 104 cm³/mol. The van der Waals surface area contributed by atoms with E-state index >= 15 is 0 Å². The molecule has 1 aliphatic rings. The molecule has 1 aliphatic heterocycles. The van der Waals surface area contributed by atoms with Gasteiger partial charge in [0.05, 0.1) is 18.8 Å². The number of ether oxygens (including phenoxy) is 2. The molecule has 0 aliphatic carbocycles. The third-order valence-electron chi connectivity index (χ3n) is 4.67. The molecule has 2 N–H and O–H groups in total. The van der Waals surface area contributed by atoms with E-state index in [0.717, 1.165) is 61.8 Å². The maximum absolute atomic E-state index is 6.04. The lowest BCUT2D eigenvalue weighted by Crippen LogP contribution is -2.40. The zero-order chi connectivity index (χ0) is 17.6. The average molecular weight is 340 g/mol. The van der Waals surface area contributed by atoms with Gasteiger partial charge < -0.3 is 20.1 Å². The lowest BCUT2D eigenvalue weighted by atomic mass is 10.1. The van der Waals surface area contributed by atoms with E-state index in [9.17, 15) is 0 Å². The van der Waals surface area contributed by atoms with E-state index < -0.39 is 0 Å². The van der Waals surface area contributed by atoms with Gasteiger partial charge in [0.25, 0.3) is 0 Å². The van der Waals surface area contributed by atoms with Crippen molar-refractivity contribution in [3.05, 3.63) is 48.0 Å². The van der Waals surface area contributed by atoms with Crippen molar-refractivity contribution >= 4 is 11.4 Å². The minimum atomic E-state index is 0.234. The summed E-state index contributed by atoms with van der Waals surface area (Å²) in [5.74, 6) is 1.90. The van der Waals surface area contributed by atoms with Crippen molar-refractivity contribution in [1.29, 1.82) is 0 Å². The van der Waals surface area contributed by atoms with Gasteiger partial charge in [-0.25, -0.2) is 0 Å².